The molecule has 0 aliphatic heterocycles. The van der Waals surface area contributed by atoms with Crippen LogP contribution in [-0.4, -0.2) is 65.6 Å². The lowest BCUT2D eigenvalue weighted by atomic mass is 9.86. The molecular formula is C32H50N2O4. The van der Waals surface area contributed by atoms with Crippen molar-refractivity contribution in [2.75, 3.05) is 54.6 Å². The Morgan fingerprint density at radius 3 is 2.21 bits per heavy atom. The van der Waals surface area contributed by atoms with Gasteiger partial charge in [0.25, 0.3) is 0 Å². The molecule has 38 heavy (non-hydrogen) atoms. The Morgan fingerprint density at radius 1 is 0.842 bits per heavy atom. The van der Waals surface area contributed by atoms with Crippen molar-refractivity contribution in [2.24, 2.45) is 0 Å². The van der Waals surface area contributed by atoms with Crippen LogP contribution in [0.4, 0.5) is 0 Å². The Hall–Kier alpha value is -2.44. The monoisotopic (exact) mass is 526 g/mol. The molecule has 0 heterocycles. The zero-order valence-corrected chi connectivity index (χ0v) is 24.7. The first-order valence-electron chi connectivity index (χ1n) is 14.4. The minimum absolute atomic E-state index is 0.626. The molecule has 212 valence electrons. The van der Waals surface area contributed by atoms with E-state index in [0.717, 1.165) is 60.9 Å². The zero-order chi connectivity index (χ0) is 27.3. The quantitative estimate of drug-likeness (QED) is 0.256. The van der Waals surface area contributed by atoms with Crippen LogP contribution in [0.5, 0.6) is 23.0 Å². The van der Waals surface area contributed by atoms with Crippen LogP contribution < -0.4 is 24.3 Å². The first kappa shape index (κ1) is 30.1. The van der Waals surface area contributed by atoms with Crippen LogP contribution in [0, 0.1) is 6.92 Å². The minimum atomic E-state index is 0.626. The van der Waals surface area contributed by atoms with Crippen molar-refractivity contribution in [3.8, 4) is 23.0 Å². The smallest absolute Gasteiger partial charge is 0.164 e. The van der Waals surface area contributed by atoms with E-state index >= 15 is 0 Å². The Labute approximate surface area is 231 Å². The van der Waals surface area contributed by atoms with E-state index in [1.165, 1.54) is 68.3 Å². The number of hydrogen-bond donors (Lipinski definition) is 1. The fourth-order valence-electron chi connectivity index (χ4n) is 5.80. The number of unbranched alkanes of at least 4 members (excludes halogenated alkanes) is 3. The molecule has 2 aromatic rings. The molecule has 0 fully saturated rings. The molecule has 0 radical (unpaired) electrons. The Bertz CT molecular complexity index is 969. The van der Waals surface area contributed by atoms with Gasteiger partial charge in [-0.3, -0.25) is 0 Å². The van der Waals surface area contributed by atoms with Crippen molar-refractivity contribution in [3.63, 3.8) is 0 Å². The molecule has 1 N–H and O–H groups in total. The molecule has 0 saturated carbocycles. The third kappa shape index (κ3) is 8.03. The van der Waals surface area contributed by atoms with Crippen LogP contribution in [-0.2, 0) is 19.3 Å². The number of nitrogens with one attached hydrogen (secondary N) is 1. The van der Waals surface area contributed by atoms with Gasteiger partial charge in [-0.15, -0.1) is 0 Å². The van der Waals surface area contributed by atoms with E-state index in [1.807, 2.05) is 6.92 Å². The molecule has 6 heteroatoms. The third-order valence-electron chi connectivity index (χ3n) is 7.91. The summed E-state index contributed by atoms with van der Waals surface area (Å²) in [6, 6.07) is 9.18. The second-order valence-electron chi connectivity index (χ2n) is 10.4. The molecule has 1 aliphatic carbocycles. The molecular weight excluding hydrogens is 476 g/mol. The molecule has 6 nitrogen and oxygen atoms in total. The zero-order valence-electron chi connectivity index (χ0n) is 24.7. The molecule has 3 rings (SSSR count). The number of methoxy groups -OCH3 is 4. The predicted octanol–water partition coefficient (Wildman–Crippen LogP) is 5.99. The van der Waals surface area contributed by atoms with E-state index in [2.05, 4.69) is 41.4 Å². The lowest BCUT2D eigenvalue weighted by molar-refractivity contribution is 0.175. The summed E-state index contributed by atoms with van der Waals surface area (Å²) in [6.07, 6.45) is 10.6. The number of rotatable bonds is 17. The Balaban J connectivity index is 1.35. The van der Waals surface area contributed by atoms with Gasteiger partial charge in [0.05, 0.1) is 28.4 Å². The largest absolute Gasteiger partial charge is 0.496 e. The van der Waals surface area contributed by atoms with Gasteiger partial charge >= 0.3 is 0 Å². The molecule has 0 amide bonds. The minimum Gasteiger partial charge on any atom is -0.496 e. The first-order chi connectivity index (χ1) is 18.6. The molecule has 1 atom stereocenters. The van der Waals surface area contributed by atoms with E-state index in [0.29, 0.717) is 6.04 Å². The summed E-state index contributed by atoms with van der Waals surface area (Å²) in [6.45, 7) is 8.76. The van der Waals surface area contributed by atoms with Crippen LogP contribution in [0.15, 0.2) is 24.3 Å². The summed E-state index contributed by atoms with van der Waals surface area (Å²) in [5.74, 6) is 3.57. The number of fused-ring (bicyclic) bond motifs is 1. The summed E-state index contributed by atoms with van der Waals surface area (Å²) in [5.41, 5.74) is 5.07. The molecule has 0 bridgehead atoms. The lowest BCUT2D eigenvalue weighted by Gasteiger charge is -2.36. The molecule has 0 unspecified atom stereocenters. The standard InChI is InChI=1S/C32H50N2O4/c1-7-19-34(27-13-14-28-26(23-27)12-15-29(35-3)32(28)38-6)20-11-9-8-10-17-33-18-16-25-21-30(36-4)24(2)31(22-25)37-5/h12,15,21-22,27,33H,7-11,13-14,16-20,23H2,1-6H3/t27-/m0/s1. The van der Waals surface area contributed by atoms with E-state index < -0.39 is 0 Å². The summed E-state index contributed by atoms with van der Waals surface area (Å²) < 4.78 is 22.2. The van der Waals surface area contributed by atoms with Gasteiger partial charge in [-0.25, -0.2) is 0 Å². The van der Waals surface area contributed by atoms with Crippen molar-refractivity contribution in [2.45, 2.75) is 77.7 Å². The van der Waals surface area contributed by atoms with E-state index in [9.17, 15) is 0 Å². The van der Waals surface area contributed by atoms with Gasteiger partial charge in [0.2, 0.25) is 0 Å². The van der Waals surface area contributed by atoms with Crippen LogP contribution in [0.2, 0.25) is 0 Å². The maximum Gasteiger partial charge on any atom is 0.164 e. The van der Waals surface area contributed by atoms with E-state index in [-0.39, 0.29) is 0 Å². The van der Waals surface area contributed by atoms with Crippen molar-refractivity contribution in [1.29, 1.82) is 0 Å². The highest BCUT2D eigenvalue weighted by atomic mass is 16.5. The van der Waals surface area contributed by atoms with Gasteiger partial charge in [0.1, 0.15) is 11.5 Å². The highest BCUT2D eigenvalue weighted by Gasteiger charge is 2.27. The highest BCUT2D eigenvalue weighted by molar-refractivity contribution is 5.52. The number of benzene rings is 2. The molecule has 0 aromatic heterocycles. The number of nitrogens with zero attached hydrogens (tertiary/aromatic N) is 1. The highest BCUT2D eigenvalue weighted by Crippen LogP contribution is 2.38. The summed E-state index contributed by atoms with van der Waals surface area (Å²) >= 11 is 0. The fourth-order valence-corrected chi connectivity index (χ4v) is 5.80. The van der Waals surface area contributed by atoms with Crippen molar-refractivity contribution in [3.05, 3.63) is 46.5 Å². The summed E-state index contributed by atoms with van der Waals surface area (Å²) in [7, 11) is 6.90. The summed E-state index contributed by atoms with van der Waals surface area (Å²) in [5, 5.41) is 3.61. The van der Waals surface area contributed by atoms with Crippen molar-refractivity contribution in [1.82, 2.24) is 10.2 Å². The maximum absolute atomic E-state index is 5.70. The van der Waals surface area contributed by atoms with Gasteiger partial charge in [-0.05, 0) is 107 Å². The topological polar surface area (TPSA) is 52.2 Å². The first-order valence-corrected chi connectivity index (χ1v) is 14.4. The molecule has 0 saturated heterocycles. The number of ether oxygens (including phenoxy) is 4. The van der Waals surface area contributed by atoms with Crippen molar-refractivity contribution >= 4 is 0 Å². The molecule has 1 aliphatic rings. The Morgan fingerprint density at radius 2 is 1.55 bits per heavy atom. The third-order valence-corrected chi connectivity index (χ3v) is 7.91. The van der Waals surface area contributed by atoms with Crippen LogP contribution in [0.25, 0.3) is 0 Å². The molecule has 2 aromatic carbocycles. The van der Waals surface area contributed by atoms with Crippen LogP contribution in [0.3, 0.4) is 0 Å². The van der Waals surface area contributed by atoms with Crippen molar-refractivity contribution < 1.29 is 18.9 Å². The van der Waals surface area contributed by atoms with E-state index in [4.69, 9.17) is 18.9 Å². The maximum atomic E-state index is 5.70. The van der Waals surface area contributed by atoms with E-state index in [1.54, 1.807) is 28.4 Å². The average molecular weight is 527 g/mol. The van der Waals surface area contributed by atoms with Gasteiger partial charge in [0, 0.05) is 17.2 Å². The van der Waals surface area contributed by atoms with Gasteiger partial charge in [0.15, 0.2) is 11.5 Å². The lowest BCUT2D eigenvalue weighted by Crippen LogP contribution is -2.40. The number of hydrogen-bond acceptors (Lipinski definition) is 6. The summed E-state index contributed by atoms with van der Waals surface area (Å²) in [4.78, 5) is 2.74. The van der Waals surface area contributed by atoms with Crippen LogP contribution in [0.1, 0.15) is 67.7 Å². The SMILES string of the molecule is CCCN(CCCCCCNCCc1cc(OC)c(C)c(OC)c1)[C@H]1CCc2c(ccc(OC)c2OC)C1. The second-order valence-corrected chi connectivity index (χ2v) is 10.4. The second kappa shape index (κ2) is 15.8. The van der Waals surface area contributed by atoms with Gasteiger partial charge in [-0.1, -0.05) is 25.8 Å². The average Bonchev–Trinajstić information content (AvgIpc) is 2.95. The Kier molecular flexibility index (Phi) is 12.6. The molecule has 0 spiro atoms. The van der Waals surface area contributed by atoms with Gasteiger partial charge < -0.3 is 29.2 Å². The van der Waals surface area contributed by atoms with Crippen LogP contribution >= 0.6 is 0 Å². The van der Waals surface area contributed by atoms with Gasteiger partial charge in [-0.2, -0.15) is 0 Å². The fraction of sp³-hybridized carbons (Fsp3) is 0.625. The normalized spacial score (nSPS) is 14.9. The predicted molar refractivity (Wildman–Crippen MR) is 157 cm³/mol.